The Morgan fingerprint density at radius 2 is 1.41 bits per heavy atom. The number of hydrogen-bond donors (Lipinski definition) is 5. The van der Waals surface area contributed by atoms with Crippen molar-refractivity contribution in [2.45, 2.75) is 50.0 Å². The molecule has 0 bridgehead atoms. The molecule has 14 nitrogen and oxygen atoms in total. The number of nitrogens with zero attached hydrogens (tertiary/aromatic N) is 4. The highest BCUT2D eigenvalue weighted by atomic mass is 16.5. The highest BCUT2D eigenvalue weighted by Gasteiger charge is 2.38. The standard InChI is InChI=1S/C44H46N8O6/c1-26(53)39(50-44(56)57-2)43(55)52-19-20-58-25-37(52)41-47-24-35(49-41)33-17-16-31-21-30(14-15-32(31)22-33)27-10-12-28(13-11-27)34-23-46-40(48-34)36-9-6-18-51(36)42(54)38(45)29-7-4-3-5-8-29/h3-5,7-8,10-17,21-24,26,36-39,53H,6,9,18-20,25,45H2,1-2H3,(H,46,48)(H,47,49)(H,50,56)/t26-,36+,37+,38-,39+/m1/s1. The van der Waals surface area contributed by atoms with Crippen LogP contribution in [0, 0.1) is 0 Å². The summed E-state index contributed by atoms with van der Waals surface area (Å²) in [5.74, 6) is 0.756. The number of rotatable bonds is 10. The second-order valence-electron chi connectivity index (χ2n) is 14.8. The van der Waals surface area contributed by atoms with Crippen LogP contribution in [0.1, 0.15) is 55.1 Å². The largest absolute Gasteiger partial charge is 0.453 e. The van der Waals surface area contributed by atoms with Gasteiger partial charge in [-0.25, -0.2) is 14.8 Å². The Kier molecular flexibility index (Phi) is 11.0. The first kappa shape index (κ1) is 38.5. The zero-order valence-electron chi connectivity index (χ0n) is 32.3. The number of methoxy groups -OCH3 is 1. The number of H-pyrrole nitrogens is 2. The number of aromatic nitrogens is 4. The number of aromatic amines is 2. The third-order valence-electron chi connectivity index (χ3n) is 11.1. The van der Waals surface area contributed by atoms with E-state index in [4.69, 9.17) is 15.5 Å². The molecule has 2 aromatic heterocycles. The van der Waals surface area contributed by atoms with Crippen LogP contribution >= 0.6 is 0 Å². The number of aliphatic hydroxyl groups excluding tert-OH is 1. The first-order valence-electron chi connectivity index (χ1n) is 19.4. The van der Waals surface area contributed by atoms with E-state index in [0.717, 1.165) is 68.6 Å². The number of carbonyl (C=O) groups is 3. The zero-order valence-corrected chi connectivity index (χ0v) is 32.3. The quantitative estimate of drug-likeness (QED) is 0.117. The number of hydrogen-bond acceptors (Lipinski definition) is 9. The maximum Gasteiger partial charge on any atom is 0.407 e. The lowest BCUT2D eigenvalue weighted by molar-refractivity contribution is -0.145. The first-order valence-corrected chi connectivity index (χ1v) is 19.4. The molecule has 5 atom stereocenters. The number of carbonyl (C=O) groups excluding carboxylic acids is 3. The molecule has 6 aromatic rings. The van der Waals surface area contributed by atoms with Gasteiger partial charge >= 0.3 is 6.09 Å². The van der Waals surface area contributed by atoms with Gasteiger partial charge in [-0.2, -0.15) is 0 Å². The molecule has 0 unspecified atom stereocenters. The van der Waals surface area contributed by atoms with Crippen molar-refractivity contribution in [1.82, 2.24) is 35.1 Å². The number of benzene rings is 4. The van der Waals surface area contributed by atoms with Crippen molar-refractivity contribution in [2.24, 2.45) is 5.73 Å². The molecule has 4 heterocycles. The van der Waals surface area contributed by atoms with Crippen molar-refractivity contribution in [3.63, 3.8) is 0 Å². The highest BCUT2D eigenvalue weighted by Crippen LogP contribution is 2.35. The minimum atomic E-state index is -1.19. The molecule has 0 aliphatic carbocycles. The third kappa shape index (κ3) is 7.81. The van der Waals surface area contributed by atoms with Gasteiger partial charge in [0.25, 0.3) is 0 Å². The van der Waals surface area contributed by atoms with Crippen LogP contribution < -0.4 is 11.1 Å². The van der Waals surface area contributed by atoms with E-state index in [0.29, 0.717) is 19.0 Å². The molecule has 8 rings (SSSR count). The number of ether oxygens (including phenoxy) is 2. The van der Waals surface area contributed by atoms with Crippen LogP contribution in [0.3, 0.4) is 0 Å². The number of amides is 3. The van der Waals surface area contributed by atoms with Gasteiger partial charge in [0.2, 0.25) is 11.8 Å². The molecular formula is C44H46N8O6. The molecule has 2 aliphatic rings. The number of alkyl carbamates (subject to hydrolysis) is 1. The molecule has 0 radical (unpaired) electrons. The Balaban J connectivity index is 0.946. The van der Waals surface area contributed by atoms with Gasteiger partial charge in [-0.15, -0.1) is 0 Å². The molecule has 2 saturated heterocycles. The van der Waals surface area contributed by atoms with Crippen LogP contribution in [-0.4, -0.2) is 98.3 Å². The first-order chi connectivity index (χ1) is 28.2. The number of fused-ring (bicyclic) bond motifs is 1. The number of morpholine rings is 1. The maximum absolute atomic E-state index is 13.5. The summed E-state index contributed by atoms with van der Waals surface area (Å²) in [6.45, 7) is 2.89. The number of aliphatic hydroxyl groups is 1. The van der Waals surface area contributed by atoms with Crippen molar-refractivity contribution in [1.29, 1.82) is 0 Å². The predicted molar refractivity (Wildman–Crippen MR) is 218 cm³/mol. The average molecular weight is 783 g/mol. The lowest BCUT2D eigenvalue weighted by atomic mass is 9.98. The molecule has 14 heteroatoms. The number of likely N-dealkylation sites (tertiary alicyclic amines) is 1. The van der Waals surface area contributed by atoms with Crippen molar-refractivity contribution < 1.29 is 29.0 Å². The molecule has 6 N–H and O–H groups in total. The zero-order chi connectivity index (χ0) is 40.3. The predicted octanol–water partition coefficient (Wildman–Crippen LogP) is 5.66. The van der Waals surface area contributed by atoms with Crippen LogP contribution in [0.2, 0.25) is 0 Å². The lowest BCUT2D eigenvalue weighted by Crippen LogP contribution is -2.56. The molecule has 0 saturated carbocycles. The minimum absolute atomic E-state index is 0.0918. The Bertz CT molecular complexity index is 2410. The van der Waals surface area contributed by atoms with Gasteiger partial charge in [0.1, 0.15) is 29.8 Å². The van der Waals surface area contributed by atoms with Crippen LogP contribution in [0.5, 0.6) is 0 Å². The van der Waals surface area contributed by atoms with Gasteiger partial charge in [0, 0.05) is 18.7 Å². The summed E-state index contributed by atoms with van der Waals surface area (Å²) in [5.41, 5.74) is 12.9. The van der Waals surface area contributed by atoms with E-state index in [1.54, 1.807) is 11.1 Å². The van der Waals surface area contributed by atoms with E-state index < -0.39 is 36.2 Å². The molecule has 4 aromatic carbocycles. The number of imidazole rings is 2. The SMILES string of the molecule is COC(=O)N[C@H](C(=O)N1CCOC[C@H]1c1ncc(-c2ccc3cc(-c4ccc(-c5cnc([C@@H]6CCCN6C(=O)[C@H](N)c6ccccc6)[nH]5)cc4)ccc3c2)[nH]1)[C@@H](C)O. The van der Waals surface area contributed by atoms with Gasteiger partial charge in [-0.1, -0.05) is 78.9 Å². The number of nitrogens with one attached hydrogen (secondary N) is 3. The van der Waals surface area contributed by atoms with Crippen molar-refractivity contribution in [3.8, 4) is 33.6 Å². The van der Waals surface area contributed by atoms with Crippen LogP contribution in [0.25, 0.3) is 44.4 Å². The van der Waals surface area contributed by atoms with Crippen LogP contribution in [0.4, 0.5) is 4.79 Å². The molecule has 58 heavy (non-hydrogen) atoms. The smallest absolute Gasteiger partial charge is 0.407 e. The summed E-state index contributed by atoms with van der Waals surface area (Å²) >= 11 is 0. The Morgan fingerprint density at radius 3 is 2.10 bits per heavy atom. The lowest BCUT2D eigenvalue weighted by Gasteiger charge is -2.37. The summed E-state index contributed by atoms with van der Waals surface area (Å²) in [7, 11) is 1.20. The topological polar surface area (TPSA) is 192 Å². The summed E-state index contributed by atoms with van der Waals surface area (Å²) in [6.07, 6.45) is 3.33. The molecule has 2 aliphatic heterocycles. The van der Waals surface area contributed by atoms with Crippen LogP contribution in [0.15, 0.2) is 103 Å². The van der Waals surface area contributed by atoms with Crippen molar-refractivity contribution in [2.75, 3.05) is 33.4 Å². The van der Waals surface area contributed by atoms with Crippen molar-refractivity contribution in [3.05, 3.63) is 121 Å². The van der Waals surface area contributed by atoms with E-state index in [-0.39, 0.29) is 25.1 Å². The molecule has 0 spiro atoms. The Hall–Kier alpha value is -6.35. The fourth-order valence-electron chi connectivity index (χ4n) is 7.88. The molecule has 298 valence electrons. The van der Waals surface area contributed by atoms with Gasteiger partial charge in [-0.3, -0.25) is 9.59 Å². The summed E-state index contributed by atoms with van der Waals surface area (Å²) in [4.78, 5) is 58.4. The highest BCUT2D eigenvalue weighted by molar-refractivity contribution is 5.91. The van der Waals surface area contributed by atoms with Gasteiger partial charge in [0.05, 0.1) is 56.3 Å². The fourth-order valence-corrected chi connectivity index (χ4v) is 7.88. The molecule has 2 fully saturated rings. The maximum atomic E-state index is 13.5. The van der Waals surface area contributed by atoms with Gasteiger partial charge in [0.15, 0.2) is 0 Å². The molecular weight excluding hydrogens is 737 g/mol. The van der Waals surface area contributed by atoms with E-state index in [1.165, 1.54) is 14.0 Å². The summed E-state index contributed by atoms with van der Waals surface area (Å²) < 4.78 is 10.4. The monoisotopic (exact) mass is 782 g/mol. The average Bonchev–Trinajstić information content (AvgIpc) is 4.07. The number of nitrogens with two attached hydrogens (primary N) is 1. The second-order valence-corrected chi connectivity index (χ2v) is 14.8. The summed E-state index contributed by atoms with van der Waals surface area (Å²) in [6, 6.07) is 27.8. The normalized spacial score (nSPS) is 18.5. The van der Waals surface area contributed by atoms with E-state index in [2.05, 4.69) is 79.6 Å². The van der Waals surface area contributed by atoms with Gasteiger partial charge in [-0.05, 0) is 64.9 Å². The van der Waals surface area contributed by atoms with E-state index >= 15 is 0 Å². The molecule has 3 amide bonds. The summed E-state index contributed by atoms with van der Waals surface area (Å²) in [5, 5.41) is 14.9. The van der Waals surface area contributed by atoms with E-state index in [9.17, 15) is 19.5 Å². The fraction of sp³-hybridized carbons (Fsp3) is 0.295. The van der Waals surface area contributed by atoms with Crippen molar-refractivity contribution >= 4 is 28.7 Å². The van der Waals surface area contributed by atoms with Gasteiger partial charge < -0.3 is 45.4 Å². The minimum Gasteiger partial charge on any atom is -0.453 e. The Labute approximate surface area is 335 Å². The van der Waals surface area contributed by atoms with Crippen LogP contribution in [-0.2, 0) is 19.1 Å². The Morgan fingerprint density at radius 1 is 0.810 bits per heavy atom. The van der Waals surface area contributed by atoms with E-state index in [1.807, 2.05) is 47.5 Å². The third-order valence-corrected chi connectivity index (χ3v) is 11.1. The second kappa shape index (κ2) is 16.6.